The fourth-order valence-corrected chi connectivity index (χ4v) is 1.73. The van der Waals surface area contributed by atoms with E-state index in [1.54, 1.807) is 0 Å². The summed E-state index contributed by atoms with van der Waals surface area (Å²) in [6, 6.07) is 6.39. The predicted molar refractivity (Wildman–Crippen MR) is 66.8 cm³/mol. The summed E-state index contributed by atoms with van der Waals surface area (Å²) in [5.74, 6) is 0.326. The van der Waals surface area contributed by atoms with Crippen LogP contribution < -0.4 is 0 Å². The van der Waals surface area contributed by atoms with Crippen molar-refractivity contribution < 1.29 is 10.2 Å². The van der Waals surface area contributed by atoms with Crippen LogP contribution in [0.25, 0.3) is 0 Å². The highest BCUT2D eigenvalue weighted by atomic mass is 16.3. The predicted octanol–water partition coefficient (Wildman–Crippen LogP) is 2.44. The lowest BCUT2D eigenvalue weighted by Gasteiger charge is -2.16. The second-order valence-corrected chi connectivity index (χ2v) is 4.53. The lowest BCUT2D eigenvalue weighted by Crippen LogP contribution is -2.05. The maximum absolute atomic E-state index is 9.19. The van der Waals surface area contributed by atoms with Crippen molar-refractivity contribution in [2.45, 2.75) is 39.0 Å². The normalized spacial score (nSPS) is 14.8. The summed E-state index contributed by atoms with van der Waals surface area (Å²) < 4.78 is 0. The van der Waals surface area contributed by atoms with E-state index in [0.29, 0.717) is 0 Å². The largest absolute Gasteiger partial charge is 0.396 e. The Morgan fingerprint density at radius 2 is 1.38 bits per heavy atom. The molecule has 2 N–H and O–H groups in total. The molecule has 2 heteroatoms. The molecule has 0 amide bonds. The molecule has 0 saturated heterocycles. The average molecular weight is 222 g/mol. The van der Waals surface area contributed by atoms with Crippen molar-refractivity contribution in [2.75, 3.05) is 13.2 Å². The Hall–Kier alpha value is -0.860. The molecule has 0 aliphatic carbocycles. The molecule has 0 saturated carbocycles. The van der Waals surface area contributed by atoms with E-state index in [2.05, 4.69) is 25.1 Å². The highest BCUT2D eigenvalue weighted by molar-refractivity contribution is 5.34. The lowest BCUT2D eigenvalue weighted by atomic mass is 9.91. The third-order valence-electron chi connectivity index (χ3n) is 3.13. The van der Waals surface area contributed by atoms with Crippen LogP contribution >= 0.6 is 0 Å². The van der Waals surface area contributed by atoms with Crippen molar-refractivity contribution in [1.82, 2.24) is 0 Å². The van der Waals surface area contributed by atoms with Crippen LogP contribution in [0.2, 0.25) is 0 Å². The third kappa shape index (κ3) is 3.06. The first-order chi connectivity index (χ1) is 7.62. The number of rotatable bonds is 5. The van der Waals surface area contributed by atoms with E-state index < -0.39 is 0 Å². The number of benzene rings is 1. The first-order valence-corrected chi connectivity index (χ1v) is 5.97. The molecule has 90 valence electrons. The van der Waals surface area contributed by atoms with Crippen LogP contribution in [-0.2, 0) is 6.42 Å². The Bertz CT molecular complexity index is 305. The SMILES string of the molecule is CCc1cc(C(C)CO)cc(C(C)CO)c1. The first kappa shape index (κ1) is 13.2. The highest BCUT2D eigenvalue weighted by Crippen LogP contribution is 2.23. The van der Waals surface area contributed by atoms with E-state index in [1.165, 1.54) is 5.56 Å². The van der Waals surface area contributed by atoms with Crippen molar-refractivity contribution >= 4 is 0 Å². The summed E-state index contributed by atoms with van der Waals surface area (Å²) >= 11 is 0. The zero-order valence-electron chi connectivity index (χ0n) is 10.4. The van der Waals surface area contributed by atoms with Crippen LogP contribution in [0.1, 0.15) is 49.3 Å². The summed E-state index contributed by atoms with van der Waals surface area (Å²) in [7, 11) is 0. The quantitative estimate of drug-likeness (QED) is 0.803. The molecular weight excluding hydrogens is 200 g/mol. The molecular formula is C14H22O2. The van der Waals surface area contributed by atoms with Gasteiger partial charge in [0.1, 0.15) is 0 Å². The molecule has 1 rings (SSSR count). The molecule has 0 heterocycles. The molecule has 1 aromatic rings. The fraction of sp³-hybridized carbons (Fsp3) is 0.571. The summed E-state index contributed by atoms with van der Waals surface area (Å²) in [5, 5.41) is 18.4. The van der Waals surface area contributed by atoms with Gasteiger partial charge in [0.2, 0.25) is 0 Å². The molecule has 0 spiro atoms. The molecule has 16 heavy (non-hydrogen) atoms. The van der Waals surface area contributed by atoms with Gasteiger partial charge in [0.25, 0.3) is 0 Å². The van der Waals surface area contributed by atoms with Gasteiger partial charge in [0.15, 0.2) is 0 Å². The molecule has 0 bridgehead atoms. The number of aryl methyl sites for hydroxylation is 1. The first-order valence-electron chi connectivity index (χ1n) is 5.97. The molecule has 2 unspecified atom stereocenters. The second-order valence-electron chi connectivity index (χ2n) is 4.53. The van der Waals surface area contributed by atoms with E-state index in [9.17, 15) is 10.2 Å². The van der Waals surface area contributed by atoms with Crippen molar-refractivity contribution in [2.24, 2.45) is 0 Å². The maximum Gasteiger partial charge on any atom is 0.0497 e. The van der Waals surface area contributed by atoms with Crippen molar-refractivity contribution in [1.29, 1.82) is 0 Å². The van der Waals surface area contributed by atoms with Gasteiger partial charge in [-0.2, -0.15) is 0 Å². The van der Waals surface area contributed by atoms with Gasteiger partial charge < -0.3 is 10.2 Å². The van der Waals surface area contributed by atoms with Gasteiger partial charge >= 0.3 is 0 Å². The van der Waals surface area contributed by atoms with Crippen molar-refractivity contribution in [3.05, 3.63) is 34.9 Å². The number of hydrogen-bond donors (Lipinski definition) is 2. The number of aliphatic hydroxyl groups is 2. The molecule has 0 fully saturated rings. The average Bonchev–Trinajstić information content (AvgIpc) is 2.35. The van der Waals surface area contributed by atoms with Crippen LogP contribution in [-0.4, -0.2) is 23.4 Å². The fourth-order valence-electron chi connectivity index (χ4n) is 1.73. The van der Waals surface area contributed by atoms with Crippen LogP contribution in [0.3, 0.4) is 0 Å². The Morgan fingerprint density at radius 1 is 0.938 bits per heavy atom. The van der Waals surface area contributed by atoms with Gasteiger partial charge in [-0.05, 0) is 23.1 Å². The minimum Gasteiger partial charge on any atom is -0.396 e. The standard InChI is InChI=1S/C14H22O2/c1-4-12-5-13(10(2)8-15)7-14(6-12)11(3)9-16/h5-7,10-11,15-16H,4,8-9H2,1-3H3. The Labute approximate surface area is 97.9 Å². The van der Waals surface area contributed by atoms with Crippen molar-refractivity contribution in [3.63, 3.8) is 0 Å². The van der Waals surface area contributed by atoms with E-state index in [1.807, 2.05) is 13.8 Å². The lowest BCUT2D eigenvalue weighted by molar-refractivity contribution is 0.270. The van der Waals surface area contributed by atoms with Crippen LogP contribution in [0.4, 0.5) is 0 Å². The van der Waals surface area contributed by atoms with Gasteiger partial charge in [-0.15, -0.1) is 0 Å². The number of aliphatic hydroxyl groups excluding tert-OH is 2. The zero-order valence-corrected chi connectivity index (χ0v) is 10.4. The molecule has 0 aliphatic rings. The topological polar surface area (TPSA) is 40.5 Å². The summed E-state index contributed by atoms with van der Waals surface area (Å²) in [6.45, 7) is 6.49. The van der Waals surface area contributed by atoms with E-state index in [4.69, 9.17) is 0 Å². The summed E-state index contributed by atoms with van der Waals surface area (Å²) in [4.78, 5) is 0. The number of hydrogen-bond acceptors (Lipinski definition) is 2. The van der Waals surface area contributed by atoms with Gasteiger partial charge in [0.05, 0.1) is 0 Å². The Kier molecular flexibility index (Phi) is 4.97. The molecule has 1 aromatic carbocycles. The smallest absolute Gasteiger partial charge is 0.0497 e. The van der Waals surface area contributed by atoms with Gasteiger partial charge in [-0.25, -0.2) is 0 Å². The third-order valence-corrected chi connectivity index (χ3v) is 3.13. The second kappa shape index (κ2) is 6.02. The molecule has 0 radical (unpaired) electrons. The minimum atomic E-state index is 0.163. The Balaban J connectivity index is 3.10. The molecule has 0 aliphatic heterocycles. The van der Waals surface area contributed by atoms with Gasteiger partial charge in [-0.3, -0.25) is 0 Å². The highest BCUT2D eigenvalue weighted by Gasteiger charge is 2.10. The van der Waals surface area contributed by atoms with Gasteiger partial charge in [0, 0.05) is 25.0 Å². The van der Waals surface area contributed by atoms with Crippen LogP contribution in [0, 0.1) is 0 Å². The summed E-state index contributed by atoms with van der Waals surface area (Å²) in [6.07, 6.45) is 0.983. The van der Waals surface area contributed by atoms with Crippen LogP contribution in [0.5, 0.6) is 0 Å². The zero-order chi connectivity index (χ0) is 12.1. The van der Waals surface area contributed by atoms with Crippen LogP contribution in [0.15, 0.2) is 18.2 Å². The Morgan fingerprint density at radius 3 is 1.69 bits per heavy atom. The molecule has 2 nitrogen and oxygen atoms in total. The monoisotopic (exact) mass is 222 g/mol. The van der Waals surface area contributed by atoms with E-state index >= 15 is 0 Å². The maximum atomic E-state index is 9.19. The minimum absolute atomic E-state index is 0.163. The van der Waals surface area contributed by atoms with E-state index in [0.717, 1.165) is 17.5 Å². The summed E-state index contributed by atoms with van der Waals surface area (Å²) in [5.41, 5.74) is 3.60. The molecule has 2 atom stereocenters. The van der Waals surface area contributed by atoms with E-state index in [-0.39, 0.29) is 25.0 Å². The molecule has 0 aromatic heterocycles. The van der Waals surface area contributed by atoms with Crippen molar-refractivity contribution in [3.8, 4) is 0 Å². The van der Waals surface area contributed by atoms with Gasteiger partial charge in [-0.1, -0.05) is 39.0 Å².